The third-order valence-electron chi connectivity index (χ3n) is 15.5. The van der Waals surface area contributed by atoms with Gasteiger partial charge in [0.05, 0.1) is 0 Å². The Morgan fingerprint density at radius 2 is 0.494 bits per heavy atom. The lowest BCUT2D eigenvalue weighted by molar-refractivity contribution is -0.167. The third kappa shape index (κ3) is 65.8. The molecule has 0 aromatic carbocycles. The minimum absolute atomic E-state index is 0.0795. The lowest BCUT2D eigenvalue weighted by Gasteiger charge is -2.18. The van der Waals surface area contributed by atoms with Crippen LogP contribution in [-0.2, 0) is 28.6 Å². The molecule has 1 atom stereocenters. The zero-order chi connectivity index (χ0) is 57.1. The molecule has 0 amide bonds. The fourth-order valence-electron chi connectivity index (χ4n) is 10.4. The molecule has 0 rings (SSSR count). The average Bonchev–Trinajstić information content (AvgIpc) is 3.45. The van der Waals surface area contributed by atoms with Gasteiger partial charge in [0.1, 0.15) is 13.2 Å². The maximum Gasteiger partial charge on any atom is 0.306 e. The van der Waals surface area contributed by atoms with Gasteiger partial charge in [-0.15, -0.1) is 0 Å². The van der Waals surface area contributed by atoms with Crippen LogP contribution in [0.4, 0.5) is 0 Å². The quantitative estimate of drug-likeness (QED) is 0.0261. The van der Waals surface area contributed by atoms with Crippen molar-refractivity contribution in [3.05, 3.63) is 60.8 Å². The first-order chi connectivity index (χ1) is 39.0. The highest BCUT2D eigenvalue weighted by Gasteiger charge is 2.19. The Morgan fingerprint density at radius 3 is 0.772 bits per heavy atom. The van der Waals surface area contributed by atoms with Crippen LogP contribution < -0.4 is 0 Å². The van der Waals surface area contributed by atoms with Crippen molar-refractivity contribution < 1.29 is 28.6 Å². The Bertz CT molecular complexity index is 1410. The molecule has 79 heavy (non-hydrogen) atoms. The van der Waals surface area contributed by atoms with Crippen LogP contribution in [0.5, 0.6) is 0 Å². The summed E-state index contributed by atoms with van der Waals surface area (Å²) in [7, 11) is 0. The monoisotopic (exact) mass is 1110 g/mol. The van der Waals surface area contributed by atoms with Crippen molar-refractivity contribution in [1.82, 2.24) is 0 Å². The maximum absolute atomic E-state index is 12.8. The van der Waals surface area contributed by atoms with Crippen molar-refractivity contribution in [2.24, 2.45) is 0 Å². The molecular weight excluding hydrogens is 973 g/mol. The van der Waals surface area contributed by atoms with Gasteiger partial charge in [0.2, 0.25) is 0 Å². The third-order valence-corrected chi connectivity index (χ3v) is 15.5. The first-order valence-corrected chi connectivity index (χ1v) is 34.8. The van der Waals surface area contributed by atoms with Crippen LogP contribution in [0.15, 0.2) is 60.8 Å². The summed E-state index contributed by atoms with van der Waals surface area (Å²) in [5.74, 6) is -0.897. The highest BCUT2D eigenvalue weighted by Crippen LogP contribution is 2.19. The zero-order valence-corrected chi connectivity index (χ0v) is 52.9. The van der Waals surface area contributed by atoms with Gasteiger partial charge in [-0.2, -0.15) is 0 Å². The van der Waals surface area contributed by atoms with Crippen molar-refractivity contribution in [3.8, 4) is 0 Å². The van der Waals surface area contributed by atoms with E-state index in [1.165, 1.54) is 212 Å². The molecule has 6 heteroatoms. The standard InChI is InChI=1S/C73H132O6/c1-4-7-10-13-15-17-19-21-23-25-27-29-30-31-32-33-34-35-36-37-38-39-40-41-42-44-45-47-49-51-53-55-57-60-63-66-72(75)78-69-70(68-77-71(74)65-62-59-12-9-6-3)79-73(76)67-64-61-58-56-54-52-50-48-46-43-28-26-24-22-20-18-16-14-11-8-5-2/h8,11,16,18,22,24,28,43,48,50,70H,4-7,9-10,12-15,17,19-21,23,25-27,29-42,44-47,49,51-69H2,1-3H3/b11-8-,18-16-,24-22-,43-28-,50-48-. The van der Waals surface area contributed by atoms with Crippen LogP contribution in [0.1, 0.15) is 367 Å². The van der Waals surface area contributed by atoms with E-state index < -0.39 is 6.10 Å². The molecular formula is C73H132O6. The molecule has 0 saturated carbocycles. The highest BCUT2D eigenvalue weighted by molar-refractivity contribution is 5.71. The highest BCUT2D eigenvalue weighted by atomic mass is 16.6. The molecule has 0 spiro atoms. The average molecular weight is 1110 g/mol. The van der Waals surface area contributed by atoms with Gasteiger partial charge < -0.3 is 14.2 Å². The summed E-state index contributed by atoms with van der Waals surface area (Å²) in [6, 6.07) is 0. The summed E-state index contributed by atoms with van der Waals surface area (Å²) < 4.78 is 16.8. The SMILES string of the molecule is CC/C=C\C/C=C\C/C=C\C/C=C\C/C=C\CCCCCCCC(=O)OC(COC(=O)CCCCCCC)COC(=O)CCCCCCCCCCCCCCCCCCCCCCCCCCCCCCCCCCCCC. The normalized spacial score (nSPS) is 12.4. The molecule has 460 valence electrons. The fraction of sp³-hybridized carbons (Fsp3) is 0.822. The largest absolute Gasteiger partial charge is 0.462 e. The summed E-state index contributed by atoms with van der Waals surface area (Å²) in [5.41, 5.74) is 0. The summed E-state index contributed by atoms with van der Waals surface area (Å²) >= 11 is 0. The molecule has 0 bridgehead atoms. The number of rotatable bonds is 64. The van der Waals surface area contributed by atoms with E-state index in [4.69, 9.17) is 14.2 Å². The Labute approximate surface area is 491 Å². The maximum atomic E-state index is 12.8. The Hall–Kier alpha value is -2.89. The second kappa shape index (κ2) is 67.6. The number of ether oxygens (including phenoxy) is 3. The second-order valence-electron chi connectivity index (χ2n) is 23.4. The van der Waals surface area contributed by atoms with E-state index in [-0.39, 0.29) is 31.1 Å². The van der Waals surface area contributed by atoms with E-state index >= 15 is 0 Å². The van der Waals surface area contributed by atoms with Crippen LogP contribution in [0.25, 0.3) is 0 Å². The van der Waals surface area contributed by atoms with Crippen molar-refractivity contribution in [2.75, 3.05) is 13.2 Å². The van der Waals surface area contributed by atoms with Crippen LogP contribution in [-0.4, -0.2) is 37.2 Å². The Balaban J connectivity index is 3.90. The van der Waals surface area contributed by atoms with Gasteiger partial charge in [-0.05, 0) is 64.2 Å². The number of hydrogen-bond acceptors (Lipinski definition) is 6. The fourth-order valence-corrected chi connectivity index (χ4v) is 10.4. The van der Waals surface area contributed by atoms with E-state index in [1.54, 1.807) is 0 Å². The van der Waals surface area contributed by atoms with E-state index in [0.717, 1.165) is 116 Å². The molecule has 0 N–H and O–H groups in total. The van der Waals surface area contributed by atoms with Gasteiger partial charge in [-0.1, -0.05) is 345 Å². The molecule has 6 nitrogen and oxygen atoms in total. The summed E-state index contributed by atoms with van der Waals surface area (Å²) in [6.45, 7) is 6.47. The van der Waals surface area contributed by atoms with Gasteiger partial charge in [0.15, 0.2) is 6.10 Å². The van der Waals surface area contributed by atoms with E-state index in [2.05, 4.69) is 81.5 Å². The molecule has 0 saturated heterocycles. The molecule has 0 aliphatic heterocycles. The van der Waals surface area contributed by atoms with Crippen LogP contribution in [0.2, 0.25) is 0 Å². The van der Waals surface area contributed by atoms with Gasteiger partial charge in [0, 0.05) is 19.3 Å². The lowest BCUT2D eigenvalue weighted by Crippen LogP contribution is -2.30. The number of hydrogen-bond donors (Lipinski definition) is 0. The van der Waals surface area contributed by atoms with Crippen LogP contribution >= 0.6 is 0 Å². The predicted molar refractivity (Wildman–Crippen MR) is 344 cm³/mol. The van der Waals surface area contributed by atoms with Crippen molar-refractivity contribution in [3.63, 3.8) is 0 Å². The Morgan fingerprint density at radius 1 is 0.266 bits per heavy atom. The number of carbonyl (C=O) groups is 3. The van der Waals surface area contributed by atoms with Gasteiger partial charge in [-0.25, -0.2) is 0 Å². The molecule has 0 aliphatic rings. The van der Waals surface area contributed by atoms with Crippen LogP contribution in [0, 0.1) is 0 Å². The van der Waals surface area contributed by atoms with Crippen molar-refractivity contribution >= 4 is 17.9 Å². The summed E-state index contributed by atoms with van der Waals surface area (Å²) in [5, 5.41) is 0. The smallest absolute Gasteiger partial charge is 0.306 e. The number of allylic oxidation sites excluding steroid dienone is 10. The van der Waals surface area contributed by atoms with Gasteiger partial charge >= 0.3 is 17.9 Å². The minimum Gasteiger partial charge on any atom is -0.462 e. The lowest BCUT2D eigenvalue weighted by atomic mass is 10.0. The van der Waals surface area contributed by atoms with Crippen molar-refractivity contribution in [2.45, 2.75) is 374 Å². The first kappa shape index (κ1) is 76.1. The molecule has 1 unspecified atom stereocenters. The van der Waals surface area contributed by atoms with Gasteiger partial charge in [0.25, 0.3) is 0 Å². The molecule has 0 fully saturated rings. The molecule has 0 aromatic heterocycles. The topological polar surface area (TPSA) is 78.9 Å². The van der Waals surface area contributed by atoms with Gasteiger partial charge in [-0.3, -0.25) is 14.4 Å². The van der Waals surface area contributed by atoms with E-state index in [9.17, 15) is 14.4 Å². The minimum atomic E-state index is -0.781. The summed E-state index contributed by atoms with van der Waals surface area (Å²) in [6.07, 6.45) is 87.5. The Kier molecular flexibility index (Phi) is 65.1. The number of unbranched alkanes of at least 4 members (excludes halogenated alkanes) is 43. The van der Waals surface area contributed by atoms with E-state index in [0.29, 0.717) is 19.3 Å². The number of carbonyl (C=O) groups excluding carboxylic acids is 3. The zero-order valence-electron chi connectivity index (χ0n) is 52.9. The molecule has 0 heterocycles. The number of esters is 3. The van der Waals surface area contributed by atoms with E-state index in [1.807, 2.05) is 0 Å². The first-order valence-electron chi connectivity index (χ1n) is 34.8. The predicted octanol–water partition coefficient (Wildman–Crippen LogP) is 23.9. The molecule has 0 aliphatic carbocycles. The molecule has 0 aromatic rings. The van der Waals surface area contributed by atoms with Crippen molar-refractivity contribution in [1.29, 1.82) is 0 Å². The van der Waals surface area contributed by atoms with Crippen LogP contribution in [0.3, 0.4) is 0 Å². The molecule has 0 radical (unpaired) electrons. The summed E-state index contributed by atoms with van der Waals surface area (Å²) in [4.78, 5) is 37.9. The second-order valence-corrected chi connectivity index (χ2v) is 23.4.